The molecule has 1 N–H and O–H groups in total. The molecule has 0 saturated heterocycles. The number of benzene rings is 1. The summed E-state index contributed by atoms with van der Waals surface area (Å²) in [6, 6.07) is 12.8. The van der Waals surface area contributed by atoms with E-state index in [-0.39, 0.29) is 6.04 Å². The van der Waals surface area contributed by atoms with Crippen molar-refractivity contribution in [3.05, 3.63) is 65.2 Å². The molecule has 3 heteroatoms. The lowest BCUT2D eigenvalue weighted by Crippen LogP contribution is -2.16. The molecule has 0 amide bonds. The van der Waals surface area contributed by atoms with Crippen molar-refractivity contribution in [1.82, 2.24) is 10.3 Å². The van der Waals surface area contributed by atoms with Gasteiger partial charge in [-0.2, -0.15) is 0 Å². The molecule has 0 bridgehead atoms. The van der Waals surface area contributed by atoms with E-state index in [1.54, 1.807) is 0 Å². The van der Waals surface area contributed by atoms with E-state index in [0.717, 1.165) is 27.9 Å². The van der Waals surface area contributed by atoms with Crippen molar-refractivity contribution in [3.63, 3.8) is 0 Å². The van der Waals surface area contributed by atoms with Crippen LogP contribution in [-0.4, -0.2) is 12.0 Å². The van der Waals surface area contributed by atoms with Gasteiger partial charge in [0.1, 0.15) is 5.76 Å². The maximum atomic E-state index is 5.42. The molecule has 0 saturated carbocycles. The molecule has 0 fully saturated rings. The summed E-state index contributed by atoms with van der Waals surface area (Å²) < 4.78 is 5.42. The summed E-state index contributed by atoms with van der Waals surface area (Å²) in [6.07, 6.45) is 1.81. The van der Waals surface area contributed by atoms with Gasteiger partial charge in [-0.1, -0.05) is 12.1 Å². The monoisotopic (exact) mass is 266 g/mol. The molecule has 3 rings (SSSR count). The molecule has 0 aliphatic rings. The van der Waals surface area contributed by atoms with E-state index in [1.807, 2.05) is 33.2 Å². The zero-order valence-electron chi connectivity index (χ0n) is 12.0. The topological polar surface area (TPSA) is 38.1 Å². The molecule has 102 valence electrons. The van der Waals surface area contributed by atoms with Crippen molar-refractivity contribution in [2.24, 2.45) is 0 Å². The summed E-state index contributed by atoms with van der Waals surface area (Å²) in [6.45, 7) is 3.97. The first-order chi connectivity index (χ1) is 9.67. The Kier molecular flexibility index (Phi) is 3.28. The van der Waals surface area contributed by atoms with Crippen LogP contribution in [0, 0.1) is 13.8 Å². The maximum Gasteiger partial charge on any atom is 0.101 e. The SMILES string of the molecule is CNC(c1coc(C)c1)c1ccc2nc(C)ccc2c1. The molecule has 2 heterocycles. The van der Waals surface area contributed by atoms with E-state index in [4.69, 9.17) is 4.42 Å². The van der Waals surface area contributed by atoms with Crippen molar-refractivity contribution in [1.29, 1.82) is 0 Å². The zero-order valence-corrected chi connectivity index (χ0v) is 12.0. The molecule has 1 aromatic carbocycles. The summed E-state index contributed by atoms with van der Waals surface area (Å²) >= 11 is 0. The fourth-order valence-corrected chi connectivity index (χ4v) is 2.57. The van der Waals surface area contributed by atoms with Gasteiger partial charge >= 0.3 is 0 Å². The molecule has 3 aromatic rings. The summed E-state index contributed by atoms with van der Waals surface area (Å²) in [5, 5.41) is 4.50. The second-order valence-corrected chi connectivity index (χ2v) is 5.12. The average Bonchev–Trinajstić information content (AvgIpc) is 2.86. The fraction of sp³-hybridized carbons (Fsp3) is 0.235. The second-order valence-electron chi connectivity index (χ2n) is 5.12. The Hall–Kier alpha value is -2.13. The minimum atomic E-state index is 0.137. The van der Waals surface area contributed by atoms with Crippen LogP contribution in [0.15, 0.2) is 47.1 Å². The van der Waals surface area contributed by atoms with Gasteiger partial charge < -0.3 is 9.73 Å². The van der Waals surface area contributed by atoms with Crippen LogP contribution in [0.3, 0.4) is 0 Å². The summed E-state index contributed by atoms with van der Waals surface area (Å²) in [5.41, 5.74) is 4.43. The Bertz CT molecular complexity index is 746. The largest absolute Gasteiger partial charge is 0.469 e. The maximum absolute atomic E-state index is 5.42. The summed E-state index contributed by atoms with van der Waals surface area (Å²) in [7, 11) is 1.96. The Balaban J connectivity index is 2.05. The predicted octanol–water partition coefficient (Wildman–Crippen LogP) is 3.75. The van der Waals surface area contributed by atoms with Gasteiger partial charge in [0.25, 0.3) is 0 Å². The molecular weight excluding hydrogens is 248 g/mol. The van der Waals surface area contributed by atoms with E-state index in [0.29, 0.717) is 0 Å². The number of fused-ring (bicyclic) bond motifs is 1. The van der Waals surface area contributed by atoms with Crippen LogP contribution < -0.4 is 5.32 Å². The van der Waals surface area contributed by atoms with Gasteiger partial charge in [0, 0.05) is 16.6 Å². The predicted molar refractivity (Wildman–Crippen MR) is 80.8 cm³/mol. The normalized spacial score (nSPS) is 12.8. The smallest absolute Gasteiger partial charge is 0.101 e. The number of hydrogen-bond donors (Lipinski definition) is 1. The van der Waals surface area contributed by atoms with E-state index < -0.39 is 0 Å². The number of nitrogens with zero attached hydrogens (tertiary/aromatic N) is 1. The van der Waals surface area contributed by atoms with Crippen LogP contribution in [-0.2, 0) is 0 Å². The number of hydrogen-bond acceptors (Lipinski definition) is 3. The number of aromatic nitrogens is 1. The van der Waals surface area contributed by atoms with Gasteiger partial charge in [-0.3, -0.25) is 4.98 Å². The van der Waals surface area contributed by atoms with Crippen LogP contribution >= 0.6 is 0 Å². The van der Waals surface area contributed by atoms with Crippen LogP contribution in [0.5, 0.6) is 0 Å². The van der Waals surface area contributed by atoms with Gasteiger partial charge in [0.2, 0.25) is 0 Å². The molecular formula is C17H18N2O. The van der Waals surface area contributed by atoms with Gasteiger partial charge in [0.15, 0.2) is 0 Å². The number of pyridine rings is 1. The minimum absolute atomic E-state index is 0.137. The highest BCUT2D eigenvalue weighted by Gasteiger charge is 2.14. The molecule has 20 heavy (non-hydrogen) atoms. The number of nitrogens with one attached hydrogen (secondary N) is 1. The van der Waals surface area contributed by atoms with E-state index >= 15 is 0 Å². The molecule has 1 atom stereocenters. The average molecular weight is 266 g/mol. The lowest BCUT2D eigenvalue weighted by Gasteiger charge is -2.15. The highest BCUT2D eigenvalue weighted by Crippen LogP contribution is 2.26. The first-order valence-corrected chi connectivity index (χ1v) is 6.77. The lowest BCUT2D eigenvalue weighted by molar-refractivity contribution is 0.528. The third-order valence-corrected chi connectivity index (χ3v) is 3.56. The Morgan fingerprint density at radius 3 is 2.60 bits per heavy atom. The van der Waals surface area contributed by atoms with E-state index in [2.05, 4.69) is 40.6 Å². The number of rotatable bonds is 3. The Morgan fingerprint density at radius 1 is 1.05 bits per heavy atom. The zero-order chi connectivity index (χ0) is 14.1. The highest BCUT2D eigenvalue weighted by molar-refractivity contribution is 5.79. The lowest BCUT2D eigenvalue weighted by atomic mass is 9.99. The number of furan rings is 1. The summed E-state index contributed by atoms with van der Waals surface area (Å²) in [5.74, 6) is 0.929. The Morgan fingerprint density at radius 2 is 1.90 bits per heavy atom. The van der Waals surface area contributed by atoms with Gasteiger partial charge in [-0.25, -0.2) is 0 Å². The second kappa shape index (κ2) is 5.10. The van der Waals surface area contributed by atoms with Crippen molar-refractivity contribution < 1.29 is 4.42 Å². The third kappa shape index (κ3) is 2.32. The fourth-order valence-electron chi connectivity index (χ4n) is 2.57. The van der Waals surface area contributed by atoms with Gasteiger partial charge in [-0.05, 0) is 50.7 Å². The molecule has 2 aromatic heterocycles. The first-order valence-electron chi connectivity index (χ1n) is 6.77. The van der Waals surface area contributed by atoms with Crippen molar-refractivity contribution in [3.8, 4) is 0 Å². The quantitative estimate of drug-likeness (QED) is 0.784. The minimum Gasteiger partial charge on any atom is -0.469 e. The van der Waals surface area contributed by atoms with Crippen LogP contribution in [0.2, 0.25) is 0 Å². The van der Waals surface area contributed by atoms with Gasteiger partial charge in [0.05, 0.1) is 17.8 Å². The standard InChI is InChI=1S/C17H18N2O/c1-11-4-5-13-9-14(6-7-16(13)19-11)17(18-3)15-8-12(2)20-10-15/h4-10,17-18H,1-3H3. The highest BCUT2D eigenvalue weighted by atomic mass is 16.3. The molecule has 0 aliphatic heterocycles. The summed E-state index contributed by atoms with van der Waals surface area (Å²) in [4.78, 5) is 4.54. The van der Waals surface area contributed by atoms with E-state index in [1.165, 1.54) is 5.56 Å². The van der Waals surface area contributed by atoms with Crippen molar-refractivity contribution >= 4 is 10.9 Å². The van der Waals surface area contributed by atoms with Crippen LogP contribution in [0.1, 0.15) is 28.6 Å². The number of aryl methyl sites for hydroxylation is 2. The van der Waals surface area contributed by atoms with E-state index in [9.17, 15) is 0 Å². The Labute approximate surface area is 118 Å². The molecule has 0 radical (unpaired) electrons. The molecule has 0 spiro atoms. The molecule has 3 nitrogen and oxygen atoms in total. The van der Waals surface area contributed by atoms with Crippen molar-refractivity contribution in [2.45, 2.75) is 19.9 Å². The first kappa shape index (κ1) is 12.9. The van der Waals surface area contributed by atoms with Gasteiger partial charge in [-0.15, -0.1) is 0 Å². The van der Waals surface area contributed by atoms with Crippen molar-refractivity contribution in [2.75, 3.05) is 7.05 Å². The van der Waals surface area contributed by atoms with Crippen LogP contribution in [0.4, 0.5) is 0 Å². The molecule has 1 unspecified atom stereocenters. The third-order valence-electron chi connectivity index (χ3n) is 3.56. The van der Waals surface area contributed by atoms with Crippen LogP contribution in [0.25, 0.3) is 10.9 Å². The molecule has 0 aliphatic carbocycles.